The maximum Gasteiger partial charge on any atom is 0.309 e. The number of carbonyl (C=O) groups is 1. The second-order valence-electron chi connectivity index (χ2n) is 6.78. The molecule has 0 amide bonds. The Labute approximate surface area is 160 Å². The minimum absolute atomic E-state index is 0.0514. The van der Waals surface area contributed by atoms with Gasteiger partial charge in [0.25, 0.3) is 0 Å². The first-order chi connectivity index (χ1) is 13.1. The van der Waals surface area contributed by atoms with E-state index in [4.69, 9.17) is 9.15 Å². The van der Waals surface area contributed by atoms with E-state index in [1.807, 2.05) is 19.1 Å². The number of hydrogen-bond acceptors (Lipinski definition) is 7. The van der Waals surface area contributed by atoms with Crippen LogP contribution in [0.1, 0.15) is 42.3 Å². The quantitative estimate of drug-likeness (QED) is 0.638. The molecule has 0 spiro atoms. The molecule has 0 aliphatic carbocycles. The fourth-order valence-corrected chi connectivity index (χ4v) is 4.95. The lowest BCUT2D eigenvalue weighted by Crippen LogP contribution is -3.13. The van der Waals surface area contributed by atoms with Crippen LogP contribution in [-0.2, 0) is 9.53 Å². The highest BCUT2D eigenvalue weighted by Gasteiger charge is 2.38. The van der Waals surface area contributed by atoms with Gasteiger partial charge in [0.1, 0.15) is 10.7 Å². The number of thiazole rings is 1. The van der Waals surface area contributed by atoms with Crippen LogP contribution in [0, 0.1) is 12.8 Å². The molecule has 4 heterocycles. The van der Waals surface area contributed by atoms with Crippen molar-refractivity contribution in [2.24, 2.45) is 5.92 Å². The van der Waals surface area contributed by atoms with Gasteiger partial charge >= 0.3 is 5.97 Å². The Morgan fingerprint density at radius 2 is 2.30 bits per heavy atom. The van der Waals surface area contributed by atoms with E-state index in [2.05, 4.69) is 10.1 Å². The lowest BCUT2D eigenvalue weighted by Gasteiger charge is -2.32. The number of nitrogens with zero attached hydrogens (tertiary/aromatic N) is 3. The first kappa shape index (κ1) is 18.0. The van der Waals surface area contributed by atoms with Crippen molar-refractivity contribution in [3.63, 3.8) is 0 Å². The third-order valence-corrected chi connectivity index (χ3v) is 6.14. The fourth-order valence-electron chi connectivity index (χ4n) is 3.78. The maximum atomic E-state index is 12.0. The number of aromatic nitrogens is 3. The lowest BCUT2D eigenvalue weighted by atomic mass is 9.95. The topological polar surface area (TPSA) is 94.3 Å². The van der Waals surface area contributed by atoms with E-state index >= 15 is 0 Å². The molecule has 0 radical (unpaired) electrons. The summed E-state index contributed by atoms with van der Waals surface area (Å²) in [5.74, 6) is 1.36. The molecular weight excluding hydrogens is 368 g/mol. The molecule has 27 heavy (non-hydrogen) atoms. The van der Waals surface area contributed by atoms with Crippen LogP contribution in [-0.4, -0.2) is 45.4 Å². The zero-order chi connectivity index (χ0) is 19.0. The van der Waals surface area contributed by atoms with E-state index < -0.39 is 0 Å². The second-order valence-corrected chi connectivity index (χ2v) is 7.79. The van der Waals surface area contributed by atoms with Crippen molar-refractivity contribution in [3.8, 4) is 5.88 Å². The van der Waals surface area contributed by atoms with E-state index in [1.165, 1.54) is 20.8 Å². The number of esters is 1. The van der Waals surface area contributed by atoms with E-state index in [1.54, 1.807) is 13.2 Å². The number of aryl methyl sites for hydroxylation is 1. The minimum Gasteiger partial charge on any atom is -0.492 e. The largest absolute Gasteiger partial charge is 0.492 e. The number of piperidine rings is 1. The van der Waals surface area contributed by atoms with Gasteiger partial charge in [-0.2, -0.15) is 4.52 Å². The van der Waals surface area contributed by atoms with Crippen molar-refractivity contribution in [3.05, 3.63) is 34.9 Å². The third kappa shape index (κ3) is 3.32. The van der Waals surface area contributed by atoms with Crippen LogP contribution in [0.25, 0.3) is 4.96 Å². The lowest BCUT2D eigenvalue weighted by molar-refractivity contribution is -0.931. The average molecular weight is 391 g/mol. The predicted octanol–water partition coefficient (Wildman–Crippen LogP) is 1.35. The van der Waals surface area contributed by atoms with Crippen molar-refractivity contribution < 1.29 is 24.0 Å². The monoisotopic (exact) mass is 391 g/mol. The van der Waals surface area contributed by atoms with Gasteiger partial charge < -0.3 is 19.2 Å². The molecule has 0 unspecified atom stereocenters. The van der Waals surface area contributed by atoms with Gasteiger partial charge in [0, 0.05) is 12.8 Å². The Balaban J connectivity index is 1.62. The van der Waals surface area contributed by atoms with E-state index in [0.29, 0.717) is 17.4 Å². The van der Waals surface area contributed by atoms with Crippen molar-refractivity contribution in [1.29, 1.82) is 0 Å². The molecular formula is C18H23N4O4S+. The molecule has 1 atom stereocenters. The number of ether oxygens (including phenoxy) is 1. The van der Waals surface area contributed by atoms with E-state index in [0.717, 1.165) is 36.6 Å². The molecule has 1 saturated heterocycles. The number of quaternary nitrogens is 1. The smallest absolute Gasteiger partial charge is 0.309 e. The summed E-state index contributed by atoms with van der Waals surface area (Å²) >= 11 is 1.43. The summed E-state index contributed by atoms with van der Waals surface area (Å²) in [5.41, 5.74) is 0. The molecule has 9 heteroatoms. The minimum atomic E-state index is -0.156. The molecule has 4 rings (SSSR count). The van der Waals surface area contributed by atoms with Gasteiger partial charge in [-0.25, -0.2) is 4.98 Å². The molecule has 3 aromatic rings. The zero-order valence-corrected chi connectivity index (χ0v) is 16.2. The van der Waals surface area contributed by atoms with Crippen molar-refractivity contribution in [2.45, 2.75) is 32.7 Å². The van der Waals surface area contributed by atoms with Crippen molar-refractivity contribution in [2.75, 3.05) is 19.7 Å². The molecule has 1 aliphatic rings. The maximum absolute atomic E-state index is 12.0. The van der Waals surface area contributed by atoms with Crippen LogP contribution in [0.5, 0.6) is 5.88 Å². The van der Waals surface area contributed by atoms with Crippen LogP contribution < -0.4 is 4.90 Å². The molecule has 1 fully saturated rings. The Morgan fingerprint density at radius 1 is 1.52 bits per heavy atom. The van der Waals surface area contributed by atoms with Crippen LogP contribution in [0.4, 0.5) is 0 Å². The Morgan fingerprint density at radius 3 is 2.93 bits per heavy atom. The number of carbonyl (C=O) groups excluding carboxylic acids is 1. The number of fused-ring (bicyclic) bond motifs is 1. The fraction of sp³-hybridized carbons (Fsp3) is 0.500. The summed E-state index contributed by atoms with van der Waals surface area (Å²) in [6.07, 6.45) is 3.16. The Bertz CT molecular complexity index is 925. The zero-order valence-electron chi connectivity index (χ0n) is 15.3. The normalized spacial score (nSPS) is 21.4. The number of likely N-dealkylation sites (tertiary alicyclic amines) is 1. The highest BCUT2D eigenvalue weighted by molar-refractivity contribution is 7.17. The Hall–Kier alpha value is -2.39. The highest BCUT2D eigenvalue weighted by Crippen LogP contribution is 2.35. The first-order valence-electron chi connectivity index (χ1n) is 9.18. The summed E-state index contributed by atoms with van der Waals surface area (Å²) < 4.78 is 12.4. The van der Waals surface area contributed by atoms with Crippen molar-refractivity contribution in [1.82, 2.24) is 14.6 Å². The number of furan rings is 1. The van der Waals surface area contributed by atoms with Gasteiger partial charge in [-0.1, -0.05) is 11.3 Å². The number of nitrogens with one attached hydrogen (secondary N) is 1. The van der Waals surface area contributed by atoms with Crippen LogP contribution in [0.3, 0.4) is 0 Å². The van der Waals surface area contributed by atoms with Gasteiger partial charge in [-0.05, 0) is 26.0 Å². The molecule has 2 N–H and O–H groups in total. The third-order valence-electron chi connectivity index (χ3n) is 5.05. The highest BCUT2D eigenvalue weighted by atomic mass is 32.1. The summed E-state index contributed by atoms with van der Waals surface area (Å²) in [4.78, 5) is 19.1. The molecule has 8 nitrogen and oxygen atoms in total. The molecule has 0 aromatic carbocycles. The molecule has 0 saturated carbocycles. The van der Waals surface area contributed by atoms with Crippen LogP contribution >= 0.6 is 11.3 Å². The summed E-state index contributed by atoms with van der Waals surface area (Å²) in [6.45, 7) is 5.63. The Kier molecular flexibility index (Phi) is 4.88. The van der Waals surface area contributed by atoms with Gasteiger partial charge in [0.05, 0.1) is 31.9 Å². The standard InChI is InChI=1S/C18H22N4O4S/c1-3-25-17(24)12-6-8-21(9-7-12)14(13-5-4-10-26-13)15-16(23)22-18(27-15)19-11(2)20-22/h4-5,10,12,14,23H,3,6-9H2,1-2H3/p+1/t14-/m1/s1. The molecule has 3 aromatic heterocycles. The van der Waals surface area contributed by atoms with E-state index in [-0.39, 0.29) is 23.8 Å². The average Bonchev–Trinajstić information content (AvgIpc) is 3.36. The van der Waals surface area contributed by atoms with Gasteiger partial charge in [-0.3, -0.25) is 4.79 Å². The number of hydrogen-bond donors (Lipinski definition) is 2. The molecule has 144 valence electrons. The van der Waals surface area contributed by atoms with Crippen LogP contribution in [0.2, 0.25) is 0 Å². The SMILES string of the molecule is CCOC(=O)C1CC[NH+]([C@H](c2ccco2)c2sc3nc(C)nn3c2O)CC1. The number of aromatic hydroxyl groups is 1. The first-order valence-corrected chi connectivity index (χ1v) is 9.99. The number of rotatable bonds is 5. The molecule has 0 bridgehead atoms. The van der Waals surface area contributed by atoms with Crippen molar-refractivity contribution >= 4 is 22.3 Å². The summed E-state index contributed by atoms with van der Waals surface area (Å²) in [7, 11) is 0. The van der Waals surface area contributed by atoms with E-state index in [9.17, 15) is 9.90 Å². The summed E-state index contributed by atoms with van der Waals surface area (Å²) in [5, 5.41) is 15.0. The van der Waals surface area contributed by atoms with Gasteiger partial charge in [0.15, 0.2) is 11.8 Å². The van der Waals surface area contributed by atoms with Gasteiger partial charge in [0.2, 0.25) is 10.8 Å². The summed E-state index contributed by atoms with van der Waals surface area (Å²) in [6, 6.07) is 3.62. The van der Waals surface area contributed by atoms with Gasteiger partial charge in [-0.15, -0.1) is 5.10 Å². The molecule has 1 aliphatic heterocycles. The predicted molar refractivity (Wildman–Crippen MR) is 97.9 cm³/mol. The second kappa shape index (κ2) is 7.32. The van der Waals surface area contributed by atoms with Crippen LogP contribution in [0.15, 0.2) is 22.8 Å².